The first-order valence-corrected chi connectivity index (χ1v) is 9.28. The molecule has 0 aliphatic carbocycles. The normalized spacial score (nSPS) is 26.0. The summed E-state index contributed by atoms with van der Waals surface area (Å²) in [5, 5.41) is 3.67. The van der Waals surface area contributed by atoms with Gasteiger partial charge in [-0.05, 0) is 53.0 Å². The van der Waals surface area contributed by atoms with E-state index in [2.05, 4.69) is 21.2 Å². The SMILES string of the molecule is COc1c(Br)cc(Cl)cc1S(=O)(=O)N1C[C@H]2CNC[C@H]2C1. The van der Waals surface area contributed by atoms with Gasteiger partial charge in [0.2, 0.25) is 10.0 Å². The van der Waals surface area contributed by atoms with E-state index >= 15 is 0 Å². The second-order valence-corrected chi connectivity index (χ2v) is 8.62. The topological polar surface area (TPSA) is 58.6 Å². The standard InChI is InChI=1S/C13H16BrClN2O3S/c1-20-13-11(14)2-10(15)3-12(13)21(18,19)17-6-8-4-16-5-9(8)7-17/h2-3,8-9,16H,4-7H2,1H3/t8-,9+. The van der Waals surface area contributed by atoms with Gasteiger partial charge >= 0.3 is 0 Å². The van der Waals surface area contributed by atoms with Crippen LogP contribution in [-0.4, -0.2) is 46.0 Å². The Morgan fingerprint density at radius 2 is 1.95 bits per heavy atom. The number of nitrogens with one attached hydrogen (secondary N) is 1. The summed E-state index contributed by atoms with van der Waals surface area (Å²) in [4.78, 5) is 0.123. The molecule has 0 bridgehead atoms. The molecule has 3 rings (SSSR count). The maximum Gasteiger partial charge on any atom is 0.246 e. The number of rotatable bonds is 3. The highest BCUT2D eigenvalue weighted by atomic mass is 79.9. The van der Waals surface area contributed by atoms with Crippen LogP contribution in [0.25, 0.3) is 0 Å². The van der Waals surface area contributed by atoms with Crippen LogP contribution in [0.2, 0.25) is 5.02 Å². The van der Waals surface area contributed by atoms with Gasteiger partial charge in [0, 0.05) is 18.1 Å². The smallest absolute Gasteiger partial charge is 0.246 e. The van der Waals surface area contributed by atoms with Crippen molar-refractivity contribution >= 4 is 37.6 Å². The van der Waals surface area contributed by atoms with E-state index in [0.29, 0.717) is 40.2 Å². The number of benzene rings is 1. The van der Waals surface area contributed by atoms with Crippen molar-refractivity contribution in [3.8, 4) is 5.75 Å². The van der Waals surface area contributed by atoms with Crippen LogP contribution in [0.3, 0.4) is 0 Å². The molecule has 1 N–H and O–H groups in total. The molecule has 2 fully saturated rings. The Kier molecular flexibility index (Phi) is 4.22. The van der Waals surface area contributed by atoms with Crippen LogP contribution in [0, 0.1) is 11.8 Å². The van der Waals surface area contributed by atoms with Gasteiger partial charge in [-0.25, -0.2) is 8.42 Å². The summed E-state index contributed by atoms with van der Waals surface area (Å²) < 4.78 is 33.1. The van der Waals surface area contributed by atoms with Crippen molar-refractivity contribution < 1.29 is 13.2 Å². The van der Waals surface area contributed by atoms with E-state index in [1.807, 2.05) is 0 Å². The van der Waals surface area contributed by atoms with E-state index < -0.39 is 10.0 Å². The predicted octanol–water partition coefficient (Wildman–Crippen LogP) is 1.95. The van der Waals surface area contributed by atoms with Crippen LogP contribution < -0.4 is 10.1 Å². The molecular weight excluding hydrogens is 380 g/mol. The molecule has 2 saturated heterocycles. The highest BCUT2D eigenvalue weighted by molar-refractivity contribution is 9.10. The van der Waals surface area contributed by atoms with Crippen LogP contribution in [-0.2, 0) is 10.0 Å². The summed E-state index contributed by atoms with van der Waals surface area (Å²) >= 11 is 9.31. The fourth-order valence-corrected chi connectivity index (χ4v) is 6.00. The van der Waals surface area contributed by atoms with E-state index in [-0.39, 0.29) is 4.90 Å². The lowest BCUT2D eigenvalue weighted by molar-refractivity contribution is 0.393. The van der Waals surface area contributed by atoms with Crippen LogP contribution in [0.15, 0.2) is 21.5 Å². The lowest BCUT2D eigenvalue weighted by atomic mass is 10.0. The molecular formula is C13H16BrClN2O3S. The minimum absolute atomic E-state index is 0.123. The Labute approximate surface area is 137 Å². The zero-order valence-electron chi connectivity index (χ0n) is 11.5. The average Bonchev–Trinajstić information content (AvgIpc) is 2.98. The third-order valence-electron chi connectivity index (χ3n) is 4.15. The first kappa shape index (κ1) is 15.6. The van der Waals surface area contributed by atoms with Crippen molar-refractivity contribution in [2.75, 3.05) is 33.3 Å². The van der Waals surface area contributed by atoms with Gasteiger partial charge in [0.25, 0.3) is 0 Å². The number of fused-ring (bicyclic) bond motifs is 1. The number of methoxy groups -OCH3 is 1. The maximum absolute atomic E-state index is 12.9. The minimum atomic E-state index is -3.60. The Morgan fingerprint density at radius 3 is 2.52 bits per heavy atom. The number of hydrogen-bond acceptors (Lipinski definition) is 4. The fourth-order valence-electron chi connectivity index (χ4n) is 3.07. The Bertz CT molecular complexity index is 656. The number of nitrogens with zero attached hydrogens (tertiary/aromatic N) is 1. The highest BCUT2D eigenvalue weighted by Gasteiger charge is 2.42. The predicted molar refractivity (Wildman–Crippen MR) is 84.3 cm³/mol. The van der Waals surface area contributed by atoms with Gasteiger partial charge in [0.15, 0.2) is 5.75 Å². The molecule has 21 heavy (non-hydrogen) atoms. The molecule has 0 aromatic heterocycles. The van der Waals surface area contributed by atoms with Crippen molar-refractivity contribution in [1.29, 1.82) is 0 Å². The second-order valence-electron chi connectivity index (χ2n) is 5.42. The molecule has 0 saturated carbocycles. The monoisotopic (exact) mass is 394 g/mol. The van der Waals surface area contributed by atoms with Gasteiger partial charge in [-0.15, -0.1) is 0 Å². The van der Waals surface area contributed by atoms with Gasteiger partial charge < -0.3 is 10.1 Å². The van der Waals surface area contributed by atoms with Gasteiger partial charge in [-0.2, -0.15) is 4.31 Å². The maximum atomic E-state index is 12.9. The zero-order chi connectivity index (χ0) is 15.2. The first-order valence-electron chi connectivity index (χ1n) is 6.67. The molecule has 1 aromatic rings. The van der Waals surface area contributed by atoms with Gasteiger partial charge in [0.05, 0.1) is 11.6 Å². The second kappa shape index (κ2) is 5.70. The van der Waals surface area contributed by atoms with Crippen molar-refractivity contribution in [2.45, 2.75) is 4.90 Å². The molecule has 2 heterocycles. The molecule has 2 atom stereocenters. The summed E-state index contributed by atoms with van der Waals surface area (Å²) in [7, 11) is -2.15. The average molecular weight is 396 g/mol. The number of halogens is 2. The van der Waals surface area contributed by atoms with E-state index in [1.54, 1.807) is 10.4 Å². The van der Waals surface area contributed by atoms with Gasteiger partial charge in [0.1, 0.15) is 4.90 Å². The summed E-state index contributed by atoms with van der Waals surface area (Å²) in [6.45, 7) is 2.86. The number of hydrogen-bond donors (Lipinski definition) is 1. The summed E-state index contributed by atoms with van der Waals surface area (Å²) in [5.74, 6) is 1.09. The fraction of sp³-hybridized carbons (Fsp3) is 0.538. The molecule has 8 heteroatoms. The summed E-state index contributed by atoms with van der Waals surface area (Å²) in [6.07, 6.45) is 0. The molecule has 0 spiro atoms. The van der Waals surface area contributed by atoms with E-state index in [4.69, 9.17) is 16.3 Å². The van der Waals surface area contributed by atoms with Crippen molar-refractivity contribution in [1.82, 2.24) is 9.62 Å². The Hall–Kier alpha value is -0.340. The van der Waals surface area contributed by atoms with E-state index in [0.717, 1.165) is 13.1 Å². The quantitative estimate of drug-likeness (QED) is 0.850. The third-order valence-corrected chi connectivity index (χ3v) is 6.80. The molecule has 0 unspecified atom stereocenters. The Balaban J connectivity index is 1.99. The van der Waals surface area contributed by atoms with Crippen molar-refractivity contribution in [3.05, 3.63) is 21.6 Å². The van der Waals surface area contributed by atoms with E-state index in [9.17, 15) is 8.42 Å². The Morgan fingerprint density at radius 1 is 1.33 bits per heavy atom. The van der Waals surface area contributed by atoms with Gasteiger partial charge in [-0.3, -0.25) is 0 Å². The van der Waals surface area contributed by atoms with Crippen LogP contribution in [0.5, 0.6) is 5.75 Å². The highest BCUT2D eigenvalue weighted by Crippen LogP contribution is 2.39. The molecule has 0 radical (unpaired) electrons. The third kappa shape index (κ3) is 2.70. The van der Waals surface area contributed by atoms with Crippen LogP contribution in [0.1, 0.15) is 0 Å². The minimum Gasteiger partial charge on any atom is -0.494 e. The number of ether oxygens (including phenoxy) is 1. The van der Waals surface area contributed by atoms with Gasteiger partial charge in [-0.1, -0.05) is 11.6 Å². The molecule has 0 amide bonds. The number of sulfonamides is 1. The molecule has 1 aromatic carbocycles. The summed E-state index contributed by atoms with van der Waals surface area (Å²) in [6, 6.07) is 3.08. The molecule has 2 aliphatic rings. The van der Waals surface area contributed by atoms with Crippen molar-refractivity contribution in [2.24, 2.45) is 11.8 Å². The summed E-state index contributed by atoms with van der Waals surface area (Å²) in [5.41, 5.74) is 0. The molecule has 5 nitrogen and oxygen atoms in total. The lowest BCUT2D eigenvalue weighted by Gasteiger charge is -2.20. The first-order chi connectivity index (χ1) is 9.93. The lowest BCUT2D eigenvalue weighted by Crippen LogP contribution is -2.32. The van der Waals surface area contributed by atoms with Crippen molar-refractivity contribution in [3.63, 3.8) is 0 Å². The molecule has 2 aliphatic heterocycles. The van der Waals surface area contributed by atoms with Crippen LogP contribution in [0.4, 0.5) is 0 Å². The molecule has 116 valence electrons. The van der Waals surface area contributed by atoms with Crippen LogP contribution >= 0.6 is 27.5 Å². The van der Waals surface area contributed by atoms with E-state index in [1.165, 1.54) is 13.2 Å². The largest absolute Gasteiger partial charge is 0.494 e. The zero-order valence-corrected chi connectivity index (χ0v) is 14.6.